The van der Waals surface area contributed by atoms with E-state index >= 15 is 0 Å². The van der Waals surface area contributed by atoms with Crippen LogP contribution >= 0.6 is 0 Å². The van der Waals surface area contributed by atoms with Crippen molar-refractivity contribution in [2.75, 3.05) is 0 Å². The summed E-state index contributed by atoms with van der Waals surface area (Å²) in [6, 6.07) is 6.51. The van der Waals surface area contributed by atoms with Gasteiger partial charge in [0.25, 0.3) is 0 Å². The van der Waals surface area contributed by atoms with Crippen molar-refractivity contribution in [1.82, 2.24) is 5.32 Å². The number of halogens is 1. The molecule has 1 atom stereocenters. The van der Waals surface area contributed by atoms with E-state index in [0.717, 1.165) is 30.4 Å². The number of carbonyl (C=O) groups excluding carboxylic acids is 1. The minimum absolute atomic E-state index is 0.0131. The van der Waals surface area contributed by atoms with Crippen molar-refractivity contribution in [2.45, 2.75) is 52.0 Å². The Morgan fingerprint density at radius 3 is 2.52 bits per heavy atom. The first-order chi connectivity index (χ1) is 10.1. The molecule has 1 saturated carbocycles. The minimum Gasteiger partial charge on any atom is -0.345 e. The van der Waals surface area contributed by atoms with Crippen LogP contribution < -0.4 is 5.32 Å². The first-order valence-corrected chi connectivity index (χ1v) is 7.85. The molecule has 1 aliphatic rings. The van der Waals surface area contributed by atoms with Gasteiger partial charge >= 0.3 is 0 Å². The number of amides is 1. The van der Waals surface area contributed by atoms with E-state index in [4.69, 9.17) is 0 Å². The third-order valence-electron chi connectivity index (χ3n) is 4.26. The van der Waals surface area contributed by atoms with Crippen molar-refractivity contribution in [1.29, 1.82) is 0 Å². The monoisotopic (exact) mass is 289 g/mol. The van der Waals surface area contributed by atoms with Crippen LogP contribution in [0.5, 0.6) is 0 Å². The van der Waals surface area contributed by atoms with Gasteiger partial charge in [0, 0.05) is 5.57 Å². The van der Waals surface area contributed by atoms with Crippen LogP contribution in [0.15, 0.2) is 35.9 Å². The summed E-state index contributed by atoms with van der Waals surface area (Å²) >= 11 is 0. The van der Waals surface area contributed by atoms with Crippen LogP contribution in [0.25, 0.3) is 0 Å². The predicted molar refractivity (Wildman–Crippen MR) is 83.3 cm³/mol. The number of nitrogens with one attached hydrogen (secondary N) is 1. The second kappa shape index (κ2) is 7.39. The molecule has 0 bridgehead atoms. The van der Waals surface area contributed by atoms with Crippen molar-refractivity contribution in [3.63, 3.8) is 0 Å². The van der Waals surface area contributed by atoms with E-state index in [-0.39, 0.29) is 17.8 Å². The highest BCUT2D eigenvalue weighted by Gasteiger charge is 2.27. The molecular formula is C18H24FNO. The topological polar surface area (TPSA) is 29.1 Å². The maximum Gasteiger partial charge on any atom is 0.247 e. The van der Waals surface area contributed by atoms with Crippen LogP contribution in [0, 0.1) is 11.7 Å². The van der Waals surface area contributed by atoms with Gasteiger partial charge in [-0.3, -0.25) is 4.79 Å². The molecule has 0 spiro atoms. The second-order valence-corrected chi connectivity index (χ2v) is 5.84. The van der Waals surface area contributed by atoms with Gasteiger partial charge < -0.3 is 5.32 Å². The Balaban J connectivity index is 2.18. The maximum atomic E-state index is 13.1. The Morgan fingerprint density at radius 2 is 1.95 bits per heavy atom. The smallest absolute Gasteiger partial charge is 0.247 e. The zero-order chi connectivity index (χ0) is 15.2. The molecule has 2 rings (SSSR count). The number of rotatable bonds is 5. The van der Waals surface area contributed by atoms with Gasteiger partial charge in [0.15, 0.2) is 0 Å². The molecule has 1 amide bonds. The lowest BCUT2D eigenvalue weighted by Gasteiger charge is -2.25. The molecule has 1 unspecified atom stereocenters. The fraction of sp³-hybridized carbons (Fsp3) is 0.500. The van der Waals surface area contributed by atoms with Crippen molar-refractivity contribution in [2.24, 2.45) is 5.92 Å². The van der Waals surface area contributed by atoms with Gasteiger partial charge in [-0.15, -0.1) is 0 Å². The van der Waals surface area contributed by atoms with Gasteiger partial charge in [0.05, 0.1) is 6.04 Å². The van der Waals surface area contributed by atoms with E-state index < -0.39 is 0 Å². The molecule has 1 fully saturated rings. The summed E-state index contributed by atoms with van der Waals surface area (Å²) in [5.74, 6) is 0.198. The van der Waals surface area contributed by atoms with Crippen LogP contribution in [0.1, 0.15) is 57.6 Å². The van der Waals surface area contributed by atoms with E-state index in [2.05, 4.69) is 5.32 Å². The molecule has 0 radical (unpaired) electrons. The summed E-state index contributed by atoms with van der Waals surface area (Å²) in [6.07, 6.45) is 7.46. The van der Waals surface area contributed by atoms with Crippen molar-refractivity contribution in [3.8, 4) is 0 Å². The highest BCUT2D eigenvalue weighted by Crippen LogP contribution is 2.35. The van der Waals surface area contributed by atoms with Gasteiger partial charge in [-0.05, 0) is 49.8 Å². The summed E-state index contributed by atoms with van der Waals surface area (Å²) in [5, 5.41) is 3.15. The Morgan fingerprint density at radius 1 is 1.33 bits per heavy atom. The van der Waals surface area contributed by atoms with Gasteiger partial charge in [0.1, 0.15) is 5.82 Å². The van der Waals surface area contributed by atoms with Crippen molar-refractivity contribution < 1.29 is 9.18 Å². The number of carbonyl (C=O) groups is 1. The molecule has 0 aliphatic heterocycles. The highest BCUT2D eigenvalue weighted by molar-refractivity contribution is 5.93. The van der Waals surface area contributed by atoms with Crippen LogP contribution in [0.3, 0.4) is 0 Å². The Hall–Kier alpha value is -1.64. The van der Waals surface area contributed by atoms with E-state index in [0.29, 0.717) is 5.92 Å². The molecule has 1 N–H and O–H groups in total. The largest absolute Gasteiger partial charge is 0.345 e. The first-order valence-electron chi connectivity index (χ1n) is 7.85. The summed E-state index contributed by atoms with van der Waals surface area (Å²) in [6.45, 7) is 3.86. The molecule has 114 valence electrons. The number of benzene rings is 1. The highest BCUT2D eigenvalue weighted by atomic mass is 19.1. The fourth-order valence-electron chi connectivity index (χ4n) is 3.09. The van der Waals surface area contributed by atoms with E-state index in [1.165, 1.54) is 25.0 Å². The summed E-state index contributed by atoms with van der Waals surface area (Å²) in [7, 11) is 0. The van der Waals surface area contributed by atoms with Gasteiger partial charge in [0.2, 0.25) is 5.91 Å². The summed E-state index contributed by atoms with van der Waals surface area (Å²) in [5.41, 5.74) is 1.75. The number of hydrogen-bond acceptors (Lipinski definition) is 1. The van der Waals surface area contributed by atoms with Crippen LogP contribution in [-0.2, 0) is 4.79 Å². The average molecular weight is 289 g/mol. The summed E-state index contributed by atoms with van der Waals surface area (Å²) < 4.78 is 13.1. The molecule has 21 heavy (non-hydrogen) atoms. The molecule has 2 nitrogen and oxygen atoms in total. The average Bonchev–Trinajstić information content (AvgIpc) is 3.00. The molecule has 1 aromatic rings. The first kappa shape index (κ1) is 15.7. The second-order valence-electron chi connectivity index (χ2n) is 5.84. The molecule has 3 heteroatoms. The SMILES string of the molecule is CC/C=C(/C)C(=O)NC(c1ccc(F)cc1)C1CCCC1. The summed E-state index contributed by atoms with van der Waals surface area (Å²) in [4.78, 5) is 12.3. The molecule has 1 aromatic carbocycles. The number of allylic oxidation sites excluding steroid dienone is 1. The van der Waals surface area contributed by atoms with E-state index in [1.54, 1.807) is 12.1 Å². The lowest BCUT2D eigenvalue weighted by molar-refractivity contribution is -0.118. The quantitative estimate of drug-likeness (QED) is 0.793. The van der Waals surface area contributed by atoms with Crippen LogP contribution in [-0.4, -0.2) is 5.91 Å². The van der Waals surface area contributed by atoms with Gasteiger partial charge in [-0.25, -0.2) is 4.39 Å². The standard InChI is InChI=1S/C18H24FNO/c1-3-6-13(2)18(21)20-17(14-7-4-5-8-14)15-9-11-16(19)12-10-15/h6,9-12,14,17H,3-5,7-8H2,1-2H3,(H,20,21)/b13-6-. The van der Waals surface area contributed by atoms with E-state index in [1.807, 2.05) is 19.9 Å². The minimum atomic E-state index is -0.239. The zero-order valence-electron chi connectivity index (χ0n) is 12.9. The zero-order valence-corrected chi connectivity index (χ0v) is 12.9. The lowest BCUT2D eigenvalue weighted by atomic mass is 9.91. The normalized spacial score (nSPS) is 17.8. The van der Waals surface area contributed by atoms with E-state index in [9.17, 15) is 9.18 Å². The molecule has 0 saturated heterocycles. The Labute approximate surface area is 126 Å². The molecule has 1 aliphatic carbocycles. The molecular weight excluding hydrogens is 265 g/mol. The third kappa shape index (κ3) is 4.16. The van der Waals surface area contributed by atoms with Gasteiger partial charge in [-0.2, -0.15) is 0 Å². The Kier molecular flexibility index (Phi) is 5.54. The predicted octanol–water partition coefficient (Wildman–Crippen LogP) is 4.53. The van der Waals surface area contributed by atoms with Crippen LogP contribution in [0.2, 0.25) is 0 Å². The van der Waals surface area contributed by atoms with Crippen LogP contribution in [0.4, 0.5) is 4.39 Å². The van der Waals surface area contributed by atoms with Crippen molar-refractivity contribution >= 4 is 5.91 Å². The third-order valence-corrected chi connectivity index (χ3v) is 4.26. The Bertz CT molecular complexity index is 500. The fourth-order valence-corrected chi connectivity index (χ4v) is 3.09. The molecule has 0 heterocycles. The molecule has 0 aromatic heterocycles. The van der Waals surface area contributed by atoms with Crippen molar-refractivity contribution in [3.05, 3.63) is 47.3 Å². The number of hydrogen-bond donors (Lipinski definition) is 1. The maximum absolute atomic E-state index is 13.1. The lowest BCUT2D eigenvalue weighted by Crippen LogP contribution is -2.33. The van der Waals surface area contributed by atoms with Gasteiger partial charge in [-0.1, -0.05) is 38.0 Å².